The van der Waals surface area contributed by atoms with E-state index in [4.69, 9.17) is 10.8 Å². The van der Waals surface area contributed by atoms with Gasteiger partial charge in [-0.15, -0.1) is 0 Å². The quantitative estimate of drug-likeness (QED) is 0.592. The SMILES string of the molecule is CC(N)(C(=O)O)c1cc([N+](=O)[O-])ccc1F. The Kier molecular flexibility index (Phi) is 2.90. The van der Waals surface area contributed by atoms with E-state index in [0.717, 1.165) is 25.1 Å². The molecule has 0 radical (unpaired) electrons. The van der Waals surface area contributed by atoms with E-state index in [-0.39, 0.29) is 0 Å². The average Bonchev–Trinajstić information content (AvgIpc) is 2.17. The van der Waals surface area contributed by atoms with Crippen molar-refractivity contribution in [2.45, 2.75) is 12.5 Å². The molecule has 16 heavy (non-hydrogen) atoms. The number of rotatable bonds is 3. The van der Waals surface area contributed by atoms with Crippen LogP contribution in [0.1, 0.15) is 12.5 Å². The summed E-state index contributed by atoms with van der Waals surface area (Å²) < 4.78 is 13.3. The predicted molar refractivity (Wildman–Crippen MR) is 52.2 cm³/mol. The summed E-state index contributed by atoms with van der Waals surface area (Å²) in [5.41, 5.74) is 2.55. The fraction of sp³-hybridized carbons (Fsp3) is 0.222. The minimum atomic E-state index is -2.00. The summed E-state index contributed by atoms with van der Waals surface area (Å²) in [5.74, 6) is -2.36. The van der Waals surface area contributed by atoms with Gasteiger partial charge in [-0.05, 0) is 13.0 Å². The zero-order valence-electron chi connectivity index (χ0n) is 8.31. The van der Waals surface area contributed by atoms with Gasteiger partial charge in [0.05, 0.1) is 4.92 Å². The summed E-state index contributed by atoms with van der Waals surface area (Å²) in [6, 6.07) is 2.59. The molecule has 0 aromatic heterocycles. The number of benzene rings is 1. The highest BCUT2D eigenvalue weighted by molar-refractivity contribution is 5.80. The van der Waals surface area contributed by atoms with Crippen LogP contribution in [0.5, 0.6) is 0 Å². The average molecular weight is 228 g/mol. The fourth-order valence-electron chi connectivity index (χ4n) is 1.14. The number of nitro benzene ring substituents is 1. The topological polar surface area (TPSA) is 106 Å². The number of halogens is 1. The second-order valence-corrected chi connectivity index (χ2v) is 3.43. The van der Waals surface area contributed by atoms with E-state index >= 15 is 0 Å². The molecule has 0 saturated heterocycles. The van der Waals surface area contributed by atoms with Gasteiger partial charge in [0, 0.05) is 17.7 Å². The molecule has 0 saturated carbocycles. The molecule has 3 N–H and O–H groups in total. The molecular weight excluding hydrogens is 219 g/mol. The van der Waals surface area contributed by atoms with Crippen LogP contribution in [0.3, 0.4) is 0 Å². The van der Waals surface area contributed by atoms with Crippen molar-refractivity contribution in [1.82, 2.24) is 0 Å². The Morgan fingerprint density at radius 1 is 1.62 bits per heavy atom. The van der Waals surface area contributed by atoms with Crippen LogP contribution in [0.25, 0.3) is 0 Å². The van der Waals surface area contributed by atoms with Crippen LogP contribution in [0.2, 0.25) is 0 Å². The van der Waals surface area contributed by atoms with Crippen molar-refractivity contribution in [3.8, 4) is 0 Å². The molecule has 1 atom stereocenters. The first kappa shape index (κ1) is 12.1. The number of nitrogens with two attached hydrogens (primary N) is 1. The normalized spacial score (nSPS) is 14.2. The van der Waals surface area contributed by atoms with Crippen molar-refractivity contribution in [2.75, 3.05) is 0 Å². The first-order valence-corrected chi connectivity index (χ1v) is 4.23. The lowest BCUT2D eigenvalue weighted by Crippen LogP contribution is -2.42. The second kappa shape index (κ2) is 3.86. The third-order valence-electron chi connectivity index (χ3n) is 2.16. The van der Waals surface area contributed by atoms with Crippen LogP contribution in [-0.4, -0.2) is 16.0 Å². The molecular formula is C9H9FN2O4. The zero-order valence-corrected chi connectivity index (χ0v) is 8.31. The molecule has 0 aliphatic heterocycles. The number of carbonyl (C=O) groups is 1. The van der Waals surface area contributed by atoms with Crippen molar-refractivity contribution in [2.24, 2.45) is 5.73 Å². The van der Waals surface area contributed by atoms with Crippen LogP contribution in [0.4, 0.5) is 10.1 Å². The first-order valence-electron chi connectivity index (χ1n) is 4.23. The minimum Gasteiger partial charge on any atom is -0.480 e. The van der Waals surface area contributed by atoms with Crippen LogP contribution in [0, 0.1) is 15.9 Å². The molecule has 7 heteroatoms. The smallest absolute Gasteiger partial charge is 0.328 e. The van der Waals surface area contributed by atoms with Gasteiger partial charge >= 0.3 is 5.97 Å². The zero-order chi connectivity index (χ0) is 12.5. The van der Waals surface area contributed by atoms with E-state index < -0.39 is 33.5 Å². The molecule has 1 aromatic rings. The molecule has 1 rings (SSSR count). The summed E-state index contributed by atoms with van der Waals surface area (Å²) in [6.07, 6.45) is 0. The highest BCUT2D eigenvalue weighted by atomic mass is 19.1. The second-order valence-electron chi connectivity index (χ2n) is 3.43. The van der Waals surface area contributed by atoms with Gasteiger partial charge in [-0.25, -0.2) is 9.18 Å². The van der Waals surface area contributed by atoms with E-state index in [0.29, 0.717) is 0 Å². The van der Waals surface area contributed by atoms with Crippen molar-refractivity contribution in [3.63, 3.8) is 0 Å². The molecule has 1 aromatic carbocycles. The Hall–Kier alpha value is -2.02. The lowest BCUT2D eigenvalue weighted by Gasteiger charge is -2.19. The van der Waals surface area contributed by atoms with Gasteiger partial charge in [0.15, 0.2) is 0 Å². The van der Waals surface area contributed by atoms with E-state index in [9.17, 15) is 19.3 Å². The van der Waals surface area contributed by atoms with Crippen LogP contribution in [-0.2, 0) is 10.3 Å². The molecule has 6 nitrogen and oxygen atoms in total. The Morgan fingerprint density at radius 2 is 2.19 bits per heavy atom. The summed E-state index contributed by atoms with van der Waals surface area (Å²) >= 11 is 0. The number of hydrogen-bond donors (Lipinski definition) is 2. The van der Waals surface area contributed by atoms with Gasteiger partial charge in [0.2, 0.25) is 0 Å². The van der Waals surface area contributed by atoms with Gasteiger partial charge in [-0.1, -0.05) is 0 Å². The molecule has 86 valence electrons. The Morgan fingerprint density at radius 3 is 2.62 bits per heavy atom. The molecule has 0 aliphatic rings. The Labute approximate surface area is 89.6 Å². The lowest BCUT2D eigenvalue weighted by atomic mass is 9.92. The van der Waals surface area contributed by atoms with Gasteiger partial charge in [0.1, 0.15) is 11.4 Å². The van der Waals surface area contributed by atoms with Gasteiger partial charge in [-0.2, -0.15) is 0 Å². The van der Waals surface area contributed by atoms with Crippen LogP contribution in [0.15, 0.2) is 18.2 Å². The molecule has 0 fully saturated rings. The fourth-order valence-corrected chi connectivity index (χ4v) is 1.14. The third kappa shape index (κ3) is 1.98. The molecule has 0 aliphatic carbocycles. The first-order chi connectivity index (χ1) is 7.26. The maximum Gasteiger partial charge on any atom is 0.328 e. The largest absolute Gasteiger partial charge is 0.480 e. The number of aliphatic carboxylic acids is 1. The number of nitrogens with zero attached hydrogens (tertiary/aromatic N) is 1. The third-order valence-corrected chi connectivity index (χ3v) is 2.16. The number of hydrogen-bond acceptors (Lipinski definition) is 4. The summed E-state index contributed by atoms with van der Waals surface area (Å²) in [6.45, 7) is 1.07. The van der Waals surface area contributed by atoms with Gasteiger partial charge in [0.25, 0.3) is 5.69 Å². The van der Waals surface area contributed by atoms with Crippen molar-refractivity contribution in [3.05, 3.63) is 39.7 Å². The van der Waals surface area contributed by atoms with E-state index in [2.05, 4.69) is 0 Å². The summed E-state index contributed by atoms with van der Waals surface area (Å²) in [5, 5.41) is 19.2. The Bertz CT molecular complexity index is 459. The van der Waals surface area contributed by atoms with E-state index in [1.165, 1.54) is 0 Å². The van der Waals surface area contributed by atoms with E-state index in [1.54, 1.807) is 0 Å². The van der Waals surface area contributed by atoms with Crippen molar-refractivity contribution >= 4 is 11.7 Å². The summed E-state index contributed by atoms with van der Waals surface area (Å²) in [4.78, 5) is 20.5. The number of carboxylic acids is 1. The van der Waals surface area contributed by atoms with Crippen LogP contribution < -0.4 is 5.73 Å². The van der Waals surface area contributed by atoms with Crippen LogP contribution >= 0.6 is 0 Å². The predicted octanol–water partition coefficient (Wildman–Crippen LogP) is 0.992. The monoisotopic (exact) mass is 228 g/mol. The van der Waals surface area contributed by atoms with Gasteiger partial charge < -0.3 is 10.8 Å². The number of nitro groups is 1. The number of non-ortho nitro benzene ring substituents is 1. The molecule has 1 unspecified atom stereocenters. The maximum atomic E-state index is 13.3. The Balaban J connectivity index is 3.38. The summed E-state index contributed by atoms with van der Waals surface area (Å²) in [7, 11) is 0. The van der Waals surface area contributed by atoms with Crippen molar-refractivity contribution in [1.29, 1.82) is 0 Å². The highest BCUT2D eigenvalue weighted by Crippen LogP contribution is 2.25. The molecule has 0 amide bonds. The number of carboxylic acid groups (broad SMARTS) is 1. The molecule has 0 spiro atoms. The molecule has 0 bridgehead atoms. The molecule has 0 heterocycles. The van der Waals surface area contributed by atoms with E-state index in [1.807, 2.05) is 0 Å². The van der Waals surface area contributed by atoms with Gasteiger partial charge in [-0.3, -0.25) is 10.1 Å². The standard InChI is InChI=1S/C9H9FN2O4/c1-9(11,8(13)14)6-4-5(12(15)16)2-3-7(6)10/h2-4H,11H2,1H3,(H,13,14). The maximum absolute atomic E-state index is 13.3. The lowest BCUT2D eigenvalue weighted by molar-refractivity contribution is -0.385. The highest BCUT2D eigenvalue weighted by Gasteiger charge is 2.34. The minimum absolute atomic E-state index is 0.408. The van der Waals surface area contributed by atoms with Crippen molar-refractivity contribution < 1.29 is 19.2 Å².